The summed E-state index contributed by atoms with van der Waals surface area (Å²) in [6.07, 6.45) is 6.46. The molecule has 0 saturated carbocycles. The Morgan fingerprint density at radius 1 is 1.12 bits per heavy atom. The van der Waals surface area contributed by atoms with E-state index in [1.165, 1.54) is 18.2 Å². The Kier molecular flexibility index (Phi) is 8.08. The first-order valence-electron chi connectivity index (χ1n) is 10.6. The monoisotopic (exact) mass is 484 g/mol. The van der Waals surface area contributed by atoms with Gasteiger partial charge in [0.1, 0.15) is 23.4 Å². The Morgan fingerprint density at radius 3 is 2.29 bits per heavy atom. The van der Waals surface area contributed by atoms with Gasteiger partial charge in [0, 0.05) is 38.1 Å². The number of imidazole rings is 1. The summed E-state index contributed by atoms with van der Waals surface area (Å²) in [6.45, 7) is 2.02. The summed E-state index contributed by atoms with van der Waals surface area (Å²) in [7, 11) is 1.44. The van der Waals surface area contributed by atoms with Gasteiger partial charge in [0.25, 0.3) is 0 Å². The zero-order valence-corrected chi connectivity index (χ0v) is 20.3. The first kappa shape index (κ1) is 25.0. The van der Waals surface area contributed by atoms with E-state index in [4.69, 9.17) is 9.47 Å². The van der Waals surface area contributed by atoms with Crippen molar-refractivity contribution in [2.24, 2.45) is 7.05 Å². The Hall–Kier alpha value is -3.63. The molecule has 1 amide bonds. The zero-order valence-electron chi connectivity index (χ0n) is 19.5. The number of carbonyl (C=O) groups is 1. The fourth-order valence-electron chi connectivity index (χ4n) is 3.34. The molecule has 0 bridgehead atoms. The second-order valence-electron chi connectivity index (χ2n) is 7.39. The predicted molar refractivity (Wildman–Crippen MR) is 129 cm³/mol. The lowest BCUT2D eigenvalue weighted by Gasteiger charge is -2.20. The van der Waals surface area contributed by atoms with Gasteiger partial charge in [-0.05, 0) is 41.5 Å². The van der Waals surface area contributed by atoms with E-state index in [1.54, 1.807) is 57.8 Å². The summed E-state index contributed by atoms with van der Waals surface area (Å²) in [6, 6.07) is 11.1. The van der Waals surface area contributed by atoms with E-state index in [0.717, 1.165) is 5.56 Å². The summed E-state index contributed by atoms with van der Waals surface area (Å²) in [4.78, 5) is 17.4. The molecule has 1 atom stereocenters. The molecule has 0 radical (unpaired) electrons. The smallest absolute Gasteiger partial charge is 0.244 e. The van der Waals surface area contributed by atoms with Gasteiger partial charge in [-0.1, -0.05) is 19.1 Å². The summed E-state index contributed by atoms with van der Waals surface area (Å²) in [5.41, 5.74) is 1.42. The summed E-state index contributed by atoms with van der Waals surface area (Å²) < 4.78 is 39.2. The first-order chi connectivity index (χ1) is 16.3. The van der Waals surface area contributed by atoms with Gasteiger partial charge in [0.15, 0.2) is 0 Å². The molecule has 0 saturated heterocycles. The van der Waals surface area contributed by atoms with Crippen LogP contribution in [0, 0.1) is 0 Å². The van der Waals surface area contributed by atoms with Gasteiger partial charge in [0.05, 0.1) is 19.1 Å². The number of hydrogen-bond donors (Lipinski definition) is 2. The summed E-state index contributed by atoms with van der Waals surface area (Å²) >= 11 is 0. The van der Waals surface area contributed by atoms with Crippen molar-refractivity contribution >= 4 is 22.0 Å². The molecule has 1 unspecified atom stereocenters. The highest BCUT2D eigenvalue weighted by Crippen LogP contribution is 2.29. The quantitative estimate of drug-likeness (QED) is 0.428. The molecule has 0 aliphatic carbocycles. The van der Waals surface area contributed by atoms with Crippen molar-refractivity contribution in [1.29, 1.82) is 0 Å². The summed E-state index contributed by atoms with van der Waals surface area (Å²) in [5.74, 6) is 1.46. The van der Waals surface area contributed by atoms with Gasteiger partial charge in [0.2, 0.25) is 15.9 Å². The molecule has 9 nitrogen and oxygen atoms in total. The van der Waals surface area contributed by atoms with Crippen molar-refractivity contribution in [3.8, 4) is 11.5 Å². The van der Waals surface area contributed by atoms with Crippen LogP contribution in [0.5, 0.6) is 11.5 Å². The normalized spacial score (nSPS) is 12.5. The largest absolute Gasteiger partial charge is 0.497 e. The standard InChI is InChI=1S/C24H28N4O5S/c1-5-26-34(30,31)21-9-6-17(7-10-21)8-11-22(29)27-23(24-25-12-13-28(24)2)18-14-19(32-3)16-20(15-18)33-4/h6-16,23,26H,5H2,1-4H3,(H,27,29)/b11-8+. The maximum absolute atomic E-state index is 12.8. The van der Waals surface area contributed by atoms with Gasteiger partial charge >= 0.3 is 0 Å². The van der Waals surface area contributed by atoms with E-state index in [0.29, 0.717) is 29.4 Å². The SMILES string of the molecule is CCNS(=O)(=O)c1ccc(/C=C/C(=O)NC(c2cc(OC)cc(OC)c2)c2nccn2C)cc1. The lowest BCUT2D eigenvalue weighted by molar-refractivity contribution is -0.117. The fraction of sp³-hybridized carbons (Fsp3) is 0.250. The van der Waals surface area contributed by atoms with Crippen LogP contribution >= 0.6 is 0 Å². The fourth-order valence-corrected chi connectivity index (χ4v) is 4.38. The van der Waals surface area contributed by atoms with Crippen LogP contribution < -0.4 is 19.5 Å². The van der Waals surface area contributed by atoms with Crippen LogP contribution in [0.2, 0.25) is 0 Å². The summed E-state index contributed by atoms with van der Waals surface area (Å²) in [5, 5.41) is 2.98. The Morgan fingerprint density at radius 2 is 1.76 bits per heavy atom. The van der Waals surface area contributed by atoms with E-state index in [-0.39, 0.29) is 10.8 Å². The second-order valence-corrected chi connectivity index (χ2v) is 9.15. The lowest BCUT2D eigenvalue weighted by atomic mass is 10.0. The van der Waals surface area contributed by atoms with Crippen LogP contribution in [0.1, 0.15) is 29.9 Å². The number of nitrogens with zero attached hydrogens (tertiary/aromatic N) is 2. The Balaban J connectivity index is 1.83. The molecular weight excluding hydrogens is 456 g/mol. The molecule has 1 aromatic heterocycles. The lowest BCUT2D eigenvalue weighted by Crippen LogP contribution is -2.29. The molecular formula is C24H28N4O5S. The van der Waals surface area contributed by atoms with Gasteiger partial charge < -0.3 is 19.4 Å². The number of methoxy groups -OCH3 is 2. The number of aryl methyl sites for hydroxylation is 1. The molecule has 3 rings (SSSR count). The van der Waals surface area contributed by atoms with Gasteiger partial charge in [-0.25, -0.2) is 18.1 Å². The number of hydrogen-bond acceptors (Lipinski definition) is 6. The van der Waals surface area contributed by atoms with Crippen LogP contribution in [0.25, 0.3) is 6.08 Å². The predicted octanol–water partition coefficient (Wildman–Crippen LogP) is 2.65. The van der Waals surface area contributed by atoms with E-state index in [1.807, 2.05) is 23.7 Å². The number of ether oxygens (including phenoxy) is 2. The van der Waals surface area contributed by atoms with Gasteiger partial charge in [-0.2, -0.15) is 0 Å². The molecule has 34 heavy (non-hydrogen) atoms. The molecule has 10 heteroatoms. The van der Waals surface area contributed by atoms with Crippen molar-refractivity contribution in [3.63, 3.8) is 0 Å². The van der Waals surface area contributed by atoms with Crippen LogP contribution in [0.4, 0.5) is 0 Å². The number of aromatic nitrogens is 2. The van der Waals surface area contributed by atoms with Crippen molar-refractivity contribution < 1.29 is 22.7 Å². The molecule has 3 aromatic rings. The Labute approximate surface area is 199 Å². The van der Waals surface area contributed by atoms with Crippen LogP contribution in [-0.2, 0) is 21.9 Å². The van der Waals surface area contributed by atoms with E-state index in [2.05, 4.69) is 15.0 Å². The van der Waals surface area contributed by atoms with Crippen molar-refractivity contribution in [1.82, 2.24) is 19.6 Å². The van der Waals surface area contributed by atoms with Crippen molar-refractivity contribution in [2.45, 2.75) is 17.9 Å². The zero-order chi connectivity index (χ0) is 24.7. The number of rotatable bonds is 10. The molecule has 0 aliphatic heterocycles. The van der Waals surface area contributed by atoms with Gasteiger partial charge in [-0.3, -0.25) is 4.79 Å². The average molecular weight is 485 g/mol. The number of carbonyl (C=O) groups excluding carboxylic acids is 1. The maximum atomic E-state index is 12.8. The number of benzene rings is 2. The number of nitrogens with one attached hydrogen (secondary N) is 2. The highest BCUT2D eigenvalue weighted by atomic mass is 32.2. The molecule has 1 heterocycles. The molecule has 0 fully saturated rings. The van der Waals surface area contributed by atoms with Crippen LogP contribution in [0.15, 0.2) is 65.8 Å². The van der Waals surface area contributed by atoms with Crippen LogP contribution in [-0.4, -0.2) is 44.6 Å². The molecule has 180 valence electrons. The Bertz CT molecular complexity index is 1240. The minimum Gasteiger partial charge on any atom is -0.497 e. The minimum atomic E-state index is -3.53. The second kappa shape index (κ2) is 11.0. The molecule has 2 N–H and O–H groups in total. The topological polar surface area (TPSA) is 112 Å². The van der Waals surface area contributed by atoms with Crippen molar-refractivity contribution in [2.75, 3.05) is 20.8 Å². The van der Waals surface area contributed by atoms with Crippen molar-refractivity contribution in [3.05, 3.63) is 77.9 Å². The highest BCUT2D eigenvalue weighted by molar-refractivity contribution is 7.89. The average Bonchev–Trinajstić information content (AvgIpc) is 3.26. The molecule has 0 aliphatic rings. The third-order valence-electron chi connectivity index (χ3n) is 5.06. The molecule has 2 aromatic carbocycles. The number of sulfonamides is 1. The minimum absolute atomic E-state index is 0.165. The number of amides is 1. The van der Waals surface area contributed by atoms with E-state index >= 15 is 0 Å². The highest BCUT2D eigenvalue weighted by Gasteiger charge is 2.21. The third-order valence-corrected chi connectivity index (χ3v) is 6.62. The van der Waals surface area contributed by atoms with Crippen LogP contribution in [0.3, 0.4) is 0 Å². The van der Waals surface area contributed by atoms with E-state index < -0.39 is 16.1 Å². The molecule has 0 spiro atoms. The first-order valence-corrected chi connectivity index (χ1v) is 12.0. The van der Waals surface area contributed by atoms with Gasteiger partial charge in [-0.15, -0.1) is 0 Å². The third kappa shape index (κ3) is 6.03. The maximum Gasteiger partial charge on any atom is 0.244 e. The van der Waals surface area contributed by atoms with E-state index in [9.17, 15) is 13.2 Å².